The zero-order valence-corrected chi connectivity index (χ0v) is 16.3. The highest BCUT2D eigenvalue weighted by Crippen LogP contribution is 2.21. The summed E-state index contributed by atoms with van der Waals surface area (Å²) in [6, 6.07) is 10.9. The van der Waals surface area contributed by atoms with Crippen LogP contribution in [0.4, 0.5) is 0 Å². The van der Waals surface area contributed by atoms with Crippen LogP contribution in [0.1, 0.15) is 16.0 Å². The topological polar surface area (TPSA) is 82.4 Å². The molecule has 0 bridgehead atoms. The van der Waals surface area contributed by atoms with E-state index in [1.807, 2.05) is 11.4 Å². The Balaban J connectivity index is 1.73. The van der Waals surface area contributed by atoms with Crippen LogP contribution in [0.5, 0.6) is 5.75 Å². The standard InChI is InChI=1S/C20H15N3O3S2/c1-2-8-23-19(25)16(18(24)22-20(23)27)10-13-3-5-15(6-4-13)26-12-14-7-9-28-17(14)11-21/h2-7,9-10H,1,8,12H2,(H,22,24,27). The van der Waals surface area contributed by atoms with Crippen molar-refractivity contribution in [3.8, 4) is 11.8 Å². The number of hydrogen-bond donors (Lipinski definition) is 1. The number of carbonyl (C=O) groups is 2. The first-order valence-electron chi connectivity index (χ1n) is 8.22. The van der Waals surface area contributed by atoms with Gasteiger partial charge in [0, 0.05) is 12.1 Å². The second-order valence-electron chi connectivity index (χ2n) is 5.77. The van der Waals surface area contributed by atoms with Gasteiger partial charge in [-0.05, 0) is 47.4 Å². The summed E-state index contributed by atoms with van der Waals surface area (Å²) < 4.78 is 5.70. The summed E-state index contributed by atoms with van der Waals surface area (Å²) in [7, 11) is 0. The monoisotopic (exact) mass is 409 g/mol. The van der Waals surface area contributed by atoms with Gasteiger partial charge in [0.2, 0.25) is 0 Å². The highest BCUT2D eigenvalue weighted by atomic mass is 32.1. The molecular weight excluding hydrogens is 394 g/mol. The molecule has 1 aromatic heterocycles. The van der Waals surface area contributed by atoms with Crippen LogP contribution in [-0.4, -0.2) is 28.4 Å². The molecule has 1 fully saturated rings. The number of carbonyl (C=O) groups excluding carboxylic acids is 2. The van der Waals surface area contributed by atoms with Gasteiger partial charge in [-0.2, -0.15) is 5.26 Å². The lowest BCUT2D eigenvalue weighted by Gasteiger charge is -2.27. The molecule has 6 nitrogen and oxygen atoms in total. The van der Waals surface area contributed by atoms with Crippen LogP contribution < -0.4 is 10.1 Å². The van der Waals surface area contributed by atoms with E-state index in [2.05, 4.69) is 18.0 Å². The predicted octanol–water partition coefficient (Wildman–Crippen LogP) is 3.01. The summed E-state index contributed by atoms with van der Waals surface area (Å²) in [6.45, 7) is 4.10. The Kier molecular flexibility index (Phi) is 5.99. The molecule has 2 aromatic rings. The van der Waals surface area contributed by atoms with Crippen LogP contribution in [0.15, 0.2) is 53.9 Å². The molecule has 1 N–H and O–H groups in total. The van der Waals surface area contributed by atoms with Crippen molar-refractivity contribution >= 4 is 46.6 Å². The van der Waals surface area contributed by atoms with E-state index in [1.54, 1.807) is 24.3 Å². The van der Waals surface area contributed by atoms with Crippen molar-refractivity contribution in [2.45, 2.75) is 6.61 Å². The largest absolute Gasteiger partial charge is 0.489 e. The summed E-state index contributed by atoms with van der Waals surface area (Å²) in [6.07, 6.45) is 3.04. The summed E-state index contributed by atoms with van der Waals surface area (Å²) in [4.78, 5) is 26.6. The van der Waals surface area contributed by atoms with Gasteiger partial charge < -0.3 is 4.74 Å². The molecule has 1 aliphatic heterocycles. The fourth-order valence-corrected chi connectivity index (χ4v) is 3.47. The molecule has 3 rings (SSSR count). The molecule has 0 aliphatic carbocycles. The van der Waals surface area contributed by atoms with Crippen molar-refractivity contribution in [2.75, 3.05) is 6.54 Å². The van der Waals surface area contributed by atoms with Crippen LogP contribution in [-0.2, 0) is 16.2 Å². The maximum atomic E-state index is 12.5. The molecule has 28 heavy (non-hydrogen) atoms. The summed E-state index contributed by atoms with van der Waals surface area (Å²) in [5.41, 5.74) is 1.51. The number of ether oxygens (including phenoxy) is 1. The lowest BCUT2D eigenvalue weighted by atomic mass is 10.1. The first kappa shape index (κ1) is 19.5. The lowest BCUT2D eigenvalue weighted by molar-refractivity contribution is -0.128. The Bertz CT molecular complexity index is 1020. The van der Waals surface area contributed by atoms with E-state index < -0.39 is 11.8 Å². The molecule has 1 aliphatic rings. The van der Waals surface area contributed by atoms with Crippen molar-refractivity contribution in [1.29, 1.82) is 5.26 Å². The third-order valence-electron chi connectivity index (χ3n) is 3.93. The minimum absolute atomic E-state index is 0.000975. The first-order valence-corrected chi connectivity index (χ1v) is 9.51. The predicted molar refractivity (Wildman–Crippen MR) is 110 cm³/mol. The summed E-state index contributed by atoms with van der Waals surface area (Å²) >= 11 is 6.40. The van der Waals surface area contributed by atoms with Crippen molar-refractivity contribution in [2.24, 2.45) is 0 Å². The fraction of sp³-hybridized carbons (Fsp3) is 0.100. The fourth-order valence-electron chi connectivity index (χ4n) is 2.52. The highest BCUT2D eigenvalue weighted by molar-refractivity contribution is 7.80. The molecule has 2 amide bonds. The number of hydrogen-bond acceptors (Lipinski definition) is 6. The van der Waals surface area contributed by atoms with Gasteiger partial charge in [0.05, 0.1) is 0 Å². The van der Waals surface area contributed by atoms with Gasteiger partial charge in [-0.15, -0.1) is 17.9 Å². The van der Waals surface area contributed by atoms with Crippen LogP contribution in [0.2, 0.25) is 0 Å². The molecule has 1 saturated heterocycles. The van der Waals surface area contributed by atoms with Gasteiger partial charge in [0.15, 0.2) is 5.11 Å². The molecular formula is C20H15N3O3S2. The lowest BCUT2D eigenvalue weighted by Crippen LogP contribution is -2.53. The molecule has 0 atom stereocenters. The van der Waals surface area contributed by atoms with Gasteiger partial charge in [0.25, 0.3) is 11.8 Å². The Morgan fingerprint density at radius 1 is 1.29 bits per heavy atom. The number of nitrogens with zero attached hydrogens (tertiary/aromatic N) is 2. The van der Waals surface area contributed by atoms with Crippen molar-refractivity contribution in [3.05, 3.63) is 69.9 Å². The number of thiophene rings is 1. The van der Waals surface area contributed by atoms with Crippen molar-refractivity contribution < 1.29 is 14.3 Å². The Hall–Kier alpha value is -3.28. The zero-order valence-electron chi connectivity index (χ0n) is 14.7. The SMILES string of the molecule is C=CCN1C(=O)C(=Cc2ccc(OCc3ccsc3C#N)cc2)C(=O)NC1=S. The van der Waals surface area contributed by atoms with Crippen LogP contribution in [0.3, 0.4) is 0 Å². The normalized spacial score (nSPS) is 15.3. The average molecular weight is 409 g/mol. The summed E-state index contributed by atoms with van der Waals surface area (Å²) in [5, 5.41) is 13.5. The minimum atomic E-state index is -0.530. The first-order chi connectivity index (χ1) is 13.5. The van der Waals surface area contributed by atoms with Crippen molar-refractivity contribution in [3.63, 3.8) is 0 Å². The van der Waals surface area contributed by atoms with Crippen LogP contribution in [0.25, 0.3) is 6.08 Å². The van der Waals surface area contributed by atoms with Gasteiger partial charge in [-0.25, -0.2) is 0 Å². The number of amides is 2. The molecule has 0 unspecified atom stereocenters. The van der Waals surface area contributed by atoms with Gasteiger partial charge >= 0.3 is 0 Å². The molecule has 8 heteroatoms. The van der Waals surface area contributed by atoms with Crippen LogP contribution in [0, 0.1) is 11.3 Å². The van der Waals surface area contributed by atoms with Crippen molar-refractivity contribution in [1.82, 2.24) is 10.2 Å². The van der Waals surface area contributed by atoms with Gasteiger partial charge in [0.1, 0.15) is 28.9 Å². The molecule has 0 radical (unpaired) electrons. The second-order valence-corrected chi connectivity index (χ2v) is 7.07. The summed E-state index contributed by atoms with van der Waals surface area (Å²) in [5.74, 6) is -0.376. The number of rotatable bonds is 6. The molecule has 2 heterocycles. The highest BCUT2D eigenvalue weighted by Gasteiger charge is 2.32. The smallest absolute Gasteiger partial charge is 0.265 e. The van der Waals surface area contributed by atoms with E-state index in [4.69, 9.17) is 22.2 Å². The number of nitrogens with one attached hydrogen (secondary N) is 1. The molecule has 140 valence electrons. The number of thiocarbonyl (C=S) groups is 1. The molecule has 1 aromatic carbocycles. The van der Waals surface area contributed by atoms with Gasteiger partial charge in [-0.3, -0.25) is 19.8 Å². The van der Waals surface area contributed by atoms with E-state index in [0.29, 0.717) is 22.8 Å². The molecule has 0 spiro atoms. The number of nitriles is 1. The van der Waals surface area contributed by atoms with E-state index >= 15 is 0 Å². The Morgan fingerprint density at radius 3 is 2.71 bits per heavy atom. The third kappa shape index (κ3) is 4.17. The average Bonchev–Trinajstić information content (AvgIpc) is 3.15. The zero-order chi connectivity index (χ0) is 20.1. The van der Waals surface area contributed by atoms with Crippen LogP contribution >= 0.6 is 23.6 Å². The Morgan fingerprint density at radius 2 is 2.04 bits per heavy atom. The minimum Gasteiger partial charge on any atom is -0.489 e. The van der Waals surface area contributed by atoms with E-state index in [0.717, 1.165) is 5.56 Å². The third-order valence-corrected chi connectivity index (χ3v) is 5.12. The van der Waals surface area contributed by atoms with Gasteiger partial charge in [-0.1, -0.05) is 18.2 Å². The van der Waals surface area contributed by atoms with E-state index in [9.17, 15) is 9.59 Å². The Labute approximate surface area is 171 Å². The van der Waals surface area contributed by atoms with E-state index in [1.165, 1.54) is 28.4 Å². The number of benzene rings is 1. The molecule has 0 saturated carbocycles. The quantitative estimate of drug-likeness (QED) is 0.343. The second kappa shape index (κ2) is 8.61. The maximum Gasteiger partial charge on any atom is 0.265 e. The van der Waals surface area contributed by atoms with E-state index in [-0.39, 0.29) is 17.2 Å². The maximum absolute atomic E-state index is 12.5.